The number of hydrogen-bond acceptors (Lipinski definition) is 3. The van der Waals surface area contributed by atoms with Crippen LogP contribution in [0.25, 0.3) is 0 Å². The first kappa shape index (κ1) is 12.3. The Morgan fingerprint density at radius 1 is 1.73 bits per heavy atom. The number of nitrogens with one attached hydrogen (secondary N) is 1. The molecular weight excluding hydrogens is 238 g/mol. The molecule has 0 saturated carbocycles. The van der Waals surface area contributed by atoms with E-state index in [-0.39, 0.29) is 16.4 Å². The third-order valence-corrected chi connectivity index (χ3v) is 3.57. The van der Waals surface area contributed by atoms with Crippen LogP contribution in [0.2, 0.25) is 5.22 Å². The van der Waals surface area contributed by atoms with Crippen LogP contribution in [-0.2, 0) is 10.8 Å². The van der Waals surface area contributed by atoms with Crippen molar-refractivity contribution in [2.24, 2.45) is 0 Å². The Kier molecular flexibility index (Phi) is 4.35. The van der Waals surface area contributed by atoms with Crippen LogP contribution >= 0.6 is 11.6 Å². The second-order valence-electron chi connectivity index (χ2n) is 3.13. The Morgan fingerprint density at radius 3 is 2.87 bits per heavy atom. The smallest absolute Gasteiger partial charge is 0.256 e. The van der Waals surface area contributed by atoms with Crippen molar-refractivity contribution in [2.75, 3.05) is 12.8 Å². The van der Waals surface area contributed by atoms with E-state index in [1.165, 1.54) is 12.3 Å². The van der Waals surface area contributed by atoms with E-state index in [0.717, 1.165) is 0 Å². The highest BCUT2D eigenvalue weighted by atomic mass is 35.5. The minimum atomic E-state index is -0.950. The van der Waals surface area contributed by atoms with Gasteiger partial charge < -0.3 is 9.73 Å². The van der Waals surface area contributed by atoms with Gasteiger partial charge in [-0.15, -0.1) is 0 Å². The molecule has 15 heavy (non-hydrogen) atoms. The van der Waals surface area contributed by atoms with Crippen molar-refractivity contribution in [1.29, 1.82) is 0 Å². The molecule has 0 bridgehead atoms. The highest BCUT2D eigenvalue weighted by Crippen LogP contribution is 2.16. The van der Waals surface area contributed by atoms with Gasteiger partial charge in [-0.3, -0.25) is 9.00 Å². The van der Waals surface area contributed by atoms with Crippen LogP contribution < -0.4 is 5.32 Å². The van der Waals surface area contributed by atoms with Gasteiger partial charge in [0.1, 0.15) is 0 Å². The molecule has 0 radical (unpaired) electrons. The number of hydrogen-bond donors (Lipinski definition) is 1. The van der Waals surface area contributed by atoms with Crippen LogP contribution in [0.15, 0.2) is 16.7 Å². The van der Waals surface area contributed by atoms with Gasteiger partial charge in [-0.05, 0) is 24.6 Å². The maximum absolute atomic E-state index is 11.5. The maximum Gasteiger partial charge on any atom is 0.256 e. The fourth-order valence-electron chi connectivity index (χ4n) is 0.905. The molecule has 2 unspecified atom stereocenters. The van der Waals surface area contributed by atoms with Gasteiger partial charge >= 0.3 is 0 Å². The minimum absolute atomic E-state index is 0.0674. The summed E-state index contributed by atoms with van der Waals surface area (Å²) in [5, 5.41) is 2.61. The Labute approximate surface area is 95.4 Å². The highest BCUT2D eigenvalue weighted by Gasteiger charge is 2.14. The summed E-state index contributed by atoms with van der Waals surface area (Å²) in [6.07, 6.45) is 2.94. The number of halogens is 1. The van der Waals surface area contributed by atoms with Crippen molar-refractivity contribution in [2.45, 2.75) is 12.2 Å². The molecule has 1 aromatic heterocycles. The van der Waals surface area contributed by atoms with Gasteiger partial charge in [-0.25, -0.2) is 0 Å². The topological polar surface area (TPSA) is 59.3 Å². The number of carbonyl (C=O) groups is 1. The van der Waals surface area contributed by atoms with Crippen molar-refractivity contribution in [3.8, 4) is 0 Å². The van der Waals surface area contributed by atoms with Crippen LogP contribution in [0.5, 0.6) is 0 Å². The van der Waals surface area contributed by atoms with Gasteiger partial charge in [0.2, 0.25) is 5.22 Å². The third-order valence-electron chi connectivity index (χ3n) is 1.98. The normalized spacial score (nSPS) is 14.6. The molecule has 0 saturated heterocycles. The van der Waals surface area contributed by atoms with Crippen molar-refractivity contribution in [3.05, 3.63) is 23.1 Å². The molecule has 1 N–H and O–H groups in total. The fraction of sp³-hybridized carbons (Fsp3) is 0.444. The Morgan fingerprint density at radius 2 is 2.40 bits per heavy atom. The number of rotatable bonds is 4. The molecule has 1 rings (SSSR count). The Hall–Kier alpha value is -0.810. The van der Waals surface area contributed by atoms with Crippen molar-refractivity contribution in [1.82, 2.24) is 5.32 Å². The Bertz CT molecular complexity index is 377. The second kappa shape index (κ2) is 5.32. The molecule has 1 heterocycles. The molecule has 4 nitrogen and oxygen atoms in total. The Balaban J connectivity index is 2.51. The third kappa shape index (κ3) is 3.35. The SMILES string of the molecule is CC(CNC(=O)c1ccoc1Cl)S(C)=O. The molecule has 0 aliphatic heterocycles. The summed E-state index contributed by atoms with van der Waals surface area (Å²) in [5.74, 6) is -0.314. The van der Waals surface area contributed by atoms with E-state index in [1.807, 2.05) is 0 Å². The maximum atomic E-state index is 11.5. The molecular formula is C9H12ClNO3S. The van der Waals surface area contributed by atoms with E-state index >= 15 is 0 Å². The predicted octanol–water partition coefficient (Wildman–Crippen LogP) is 1.43. The quantitative estimate of drug-likeness (QED) is 0.878. The summed E-state index contributed by atoms with van der Waals surface area (Å²) >= 11 is 5.63. The predicted molar refractivity (Wildman–Crippen MR) is 59.6 cm³/mol. The lowest BCUT2D eigenvalue weighted by Gasteiger charge is -2.08. The van der Waals surface area contributed by atoms with E-state index in [1.54, 1.807) is 13.2 Å². The van der Waals surface area contributed by atoms with Crippen LogP contribution in [0.1, 0.15) is 17.3 Å². The molecule has 2 atom stereocenters. The summed E-state index contributed by atoms with van der Waals surface area (Å²) in [5.41, 5.74) is 0.297. The number of amides is 1. The molecule has 84 valence electrons. The first-order valence-electron chi connectivity index (χ1n) is 4.35. The summed E-state index contributed by atoms with van der Waals surface area (Å²) in [7, 11) is -0.950. The summed E-state index contributed by atoms with van der Waals surface area (Å²) in [6, 6.07) is 1.49. The van der Waals surface area contributed by atoms with Crippen molar-refractivity contribution < 1.29 is 13.4 Å². The number of carbonyl (C=O) groups excluding carboxylic acids is 1. The molecule has 0 fully saturated rings. The standard InChI is InChI=1S/C9H12ClNO3S/c1-6(15(2)13)5-11-9(12)7-3-4-14-8(7)10/h3-4,6H,5H2,1-2H3,(H,11,12). The lowest BCUT2D eigenvalue weighted by molar-refractivity contribution is 0.0953. The van der Waals surface area contributed by atoms with Crippen LogP contribution in [-0.4, -0.2) is 28.2 Å². The van der Waals surface area contributed by atoms with Crippen LogP contribution in [0.4, 0.5) is 0 Å². The van der Waals surface area contributed by atoms with E-state index in [4.69, 9.17) is 16.0 Å². The molecule has 0 spiro atoms. The summed E-state index contributed by atoms with van der Waals surface area (Å²) in [4.78, 5) is 11.5. The largest absolute Gasteiger partial charge is 0.452 e. The summed E-state index contributed by atoms with van der Waals surface area (Å²) < 4.78 is 15.8. The van der Waals surface area contributed by atoms with Gasteiger partial charge in [-0.1, -0.05) is 0 Å². The van der Waals surface area contributed by atoms with Crippen molar-refractivity contribution >= 4 is 28.3 Å². The average Bonchev–Trinajstić information content (AvgIpc) is 2.60. The van der Waals surface area contributed by atoms with Gasteiger partial charge in [0.25, 0.3) is 5.91 Å². The van der Waals surface area contributed by atoms with Gasteiger partial charge in [-0.2, -0.15) is 0 Å². The molecule has 1 amide bonds. The van der Waals surface area contributed by atoms with Crippen LogP contribution in [0, 0.1) is 0 Å². The minimum Gasteiger partial charge on any atom is -0.452 e. The number of furan rings is 1. The zero-order chi connectivity index (χ0) is 11.4. The average molecular weight is 250 g/mol. The lowest BCUT2D eigenvalue weighted by atomic mass is 10.3. The van der Waals surface area contributed by atoms with E-state index in [9.17, 15) is 9.00 Å². The molecule has 1 aromatic rings. The summed E-state index contributed by atoms with van der Waals surface area (Å²) in [6.45, 7) is 2.15. The van der Waals surface area contributed by atoms with Gasteiger partial charge in [0, 0.05) is 28.9 Å². The van der Waals surface area contributed by atoms with E-state index < -0.39 is 10.8 Å². The molecule has 0 aromatic carbocycles. The molecule has 0 aliphatic rings. The van der Waals surface area contributed by atoms with E-state index in [2.05, 4.69) is 5.32 Å². The monoisotopic (exact) mass is 249 g/mol. The fourth-order valence-corrected chi connectivity index (χ4v) is 1.42. The van der Waals surface area contributed by atoms with Gasteiger partial charge in [0.15, 0.2) is 0 Å². The zero-order valence-corrected chi connectivity index (χ0v) is 10.0. The zero-order valence-electron chi connectivity index (χ0n) is 8.45. The first-order valence-corrected chi connectivity index (χ1v) is 6.35. The second-order valence-corrected chi connectivity index (χ2v) is 5.27. The van der Waals surface area contributed by atoms with Crippen LogP contribution in [0.3, 0.4) is 0 Å². The van der Waals surface area contributed by atoms with Crippen molar-refractivity contribution in [3.63, 3.8) is 0 Å². The lowest BCUT2D eigenvalue weighted by Crippen LogP contribution is -2.32. The van der Waals surface area contributed by atoms with Gasteiger partial charge in [0.05, 0.1) is 11.8 Å². The van der Waals surface area contributed by atoms with E-state index in [0.29, 0.717) is 12.1 Å². The molecule has 0 aliphatic carbocycles. The highest BCUT2D eigenvalue weighted by molar-refractivity contribution is 7.84. The first-order chi connectivity index (χ1) is 7.02. The molecule has 6 heteroatoms.